The number of rotatable bonds is 6. The van der Waals surface area contributed by atoms with Crippen molar-refractivity contribution in [2.45, 2.75) is 19.8 Å². The Balaban J connectivity index is 1.91. The molecule has 0 aliphatic carbocycles. The molecule has 0 fully saturated rings. The van der Waals surface area contributed by atoms with Gasteiger partial charge in [0.05, 0.1) is 12.3 Å². The van der Waals surface area contributed by atoms with Crippen LogP contribution in [0.1, 0.15) is 18.1 Å². The van der Waals surface area contributed by atoms with Gasteiger partial charge in [0.2, 0.25) is 5.91 Å². The third kappa shape index (κ3) is 5.42. The van der Waals surface area contributed by atoms with Gasteiger partial charge in [-0.05, 0) is 41.8 Å². The molecule has 2 aromatic carbocycles. The van der Waals surface area contributed by atoms with Crippen LogP contribution in [-0.2, 0) is 22.4 Å². The molecule has 1 amide bonds. The smallest absolute Gasteiger partial charge is 0.306 e. The SMILES string of the molecule is CC(Cc1ccc(NC(=O)Cc2ccc(Cl)cc2)cc1)C(=O)O. The molecule has 0 aromatic heterocycles. The number of carboxylic acid groups (broad SMARTS) is 1. The molecule has 0 saturated carbocycles. The number of benzene rings is 2. The van der Waals surface area contributed by atoms with E-state index in [4.69, 9.17) is 16.7 Å². The molecule has 1 atom stereocenters. The fourth-order valence-corrected chi connectivity index (χ4v) is 2.28. The van der Waals surface area contributed by atoms with Gasteiger partial charge in [0.25, 0.3) is 0 Å². The van der Waals surface area contributed by atoms with Crippen LogP contribution in [0.2, 0.25) is 5.02 Å². The Morgan fingerprint density at radius 2 is 1.61 bits per heavy atom. The zero-order valence-electron chi connectivity index (χ0n) is 12.8. The van der Waals surface area contributed by atoms with Gasteiger partial charge in [-0.1, -0.05) is 42.8 Å². The summed E-state index contributed by atoms with van der Waals surface area (Å²) < 4.78 is 0. The molecule has 120 valence electrons. The van der Waals surface area contributed by atoms with E-state index in [1.54, 1.807) is 31.2 Å². The largest absolute Gasteiger partial charge is 0.481 e. The molecule has 1 unspecified atom stereocenters. The summed E-state index contributed by atoms with van der Waals surface area (Å²) in [7, 11) is 0. The number of nitrogens with one attached hydrogen (secondary N) is 1. The summed E-state index contributed by atoms with van der Waals surface area (Å²) in [4.78, 5) is 22.8. The molecule has 0 aliphatic rings. The number of hydrogen-bond acceptors (Lipinski definition) is 2. The lowest BCUT2D eigenvalue weighted by atomic mass is 10.0. The topological polar surface area (TPSA) is 66.4 Å². The van der Waals surface area contributed by atoms with E-state index in [9.17, 15) is 9.59 Å². The van der Waals surface area contributed by atoms with E-state index in [0.29, 0.717) is 17.1 Å². The van der Waals surface area contributed by atoms with E-state index in [1.165, 1.54) is 0 Å². The molecule has 2 N–H and O–H groups in total. The van der Waals surface area contributed by atoms with E-state index in [0.717, 1.165) is 11.1 Å². The minimum Gasteiger partial charge on any atom is -0.481 e. The fourth-order valence-electron chi connectivity index (χ4n) is 2.16. The lowest BCUT2D eigenvalue weighted by Crippen LogP contribution is -2.14. The molecule has 0 heterocycles. The molecule has 5 heteroatoms. The number of carboxylic acids is 1. The monoisotopic (exact) mass is 331 g/mol. The number of carbonyl (C=O) groups excluding carboxylic acids is 1. The molecule has 0 bridgehead atoms. The summed E-state index contributed by atoms with van der Waals surface area (Å²) in [6.45, 7) is 1.67. The number of hydrogen-bond donors (Lipinski definition) is 2. The molecule has 0 radical (unpaired) electrons. The summed E-state index contributed by atoms with van der Waals surface area (Å²) in [6, 6.07) is 14.4. The molecule has 0 spiro atoms. The minimum absolute atomic E-state index is 0.112. The second kappa shape index (κ2) is 7.79. The van der Waals surface area contributed by atoms with Crippen LogP contribution in [-0.4, -0.2) is 17.0 Å². The van der Waals surface area contributed by atoms with E-state index in [1.807, 2.05) is 24.3 Å². The molecular weight excluding hydrogens is 314 g/mol. The number of amides is 1. The summed E-state index contributed by atoms with van der Waals surface area (Å²) in [5.74, 6) is -1.36. The molecule has 4 nitrogen and oxygen atoms in total. The normalized spacial score (nSPS) is 11.7. The van der Waals surface area contributed by atoms with Gasteiger partial charge in [-0.2, -0.15) is 0 Å². The van der Waals surface area contributed by atoms with Gasteiger partial charge in [-0.25, -0.2) is 0 Å². The van der Waals surface area contributed by atoms with E-state index in [-0.39, 0.29) is 12.3 Å². The van der Waals surface area contributed by atoms with Gasteiger partial charge in [-0.15, -0.1) is 0 Å². The Morgan fingerprint density at radius 1 is 1.04 bits per heavy atom. The third-order valence-electron chi connectivity index (χ3n) is 3.48. The second-order valence-electron chi connectivity index (χ2n) is 5.49. The first-order valence-electron chi connectivity index (χ1n) is 7.30. The number of carbonyl (C=O) groups is 2. The van der Waals surface area contributed by atoms with Gasteiger partial charge in [0.1, 0.15) is 0 Å². The summed E-state index contributed by atoms with van der Waals surface area (Å²) in [5.41, 5.74) is 2.50. The summed E-state index contributed by atoms with van der Waals surface area (Å²) >= 11 is 5.81. The molecule has 2 aromatic rings. The van der Waals surface area contributed by atoms with Crippen LogP contribution in [0.5, 0.6) is 0 Å². The molecule has 23 heavy (non-hydrogen) atoms. The zero-order valence-corrected chi connectivity index (χ0v) is 13.5. The zero-order chi connectivity index (χ0) is 16.8. The van der Waals surface area contributed by atoms with Gasteiger partial charge in [-0.3, -0.25) is 9.59 Å². The van der Waals surface area contributed by atoms with Crippen LogP contribution >= 0.6 is 11.6 Å². The van der Waals surface area contributed by atoms with E-state index in [2.05, 4.69) is 5.32 Å². The highest BCUT2D eigenvalue weighted by atomic mass is 35.5. The maximum absolute atomic E-state index is 12.0. The van der Waals surface area contributed by atoms with E-state index < -0.39 is 11.9 Å². The highest BCUT2D eigenvalue weighted by Gasteiger charge is 2.11. The van der Waals surface area contributed by atoms with Crippen molar-refractivity contribution in [1.29, 1.82) is 0 Å². The summed E-state index contributed by atoms with van der Waals surface area (Å²) in [6.07, 6.45) is 0.739. The van der Waals surface area contributed by atoms with Crippen molar-refractivity contribution in [3.8, 4) is 0 Å². The van der Waals surface area contributed by atoms with Crippen LogP contribution in [0.15, 0.2) is 48.5 Å². The first-order chi connectivity index (χ1) is 10.9. The first-order valence-corrected chi connectivity index (χ1v) is 7.68. The van der Waals surface area contributed by atoms with Crippen LogP contribution < -0.4 is 5.32 Å². The summed E-state index contributed by atoms with van der Waals surface area (Å²) in [5, 5.41) is 12.4. The third-order valence-corrected chi connectivity index (χ3v) is 3.73. The first kappa shape index (κ1) is 17.0. The molecular formula is C18H18ClNO3. The highest BCUT2D eigenvalue weighted by Crippen LogP contribution is 2.15. The molecule has 0 saturated heterocycles. The Bertz CT molecular complexity index is 680. The highest BCUT2D eigenvalue weighted by molar-refractivity contribution is 6.30. The Hall–Kier alpha value is -2.33. The Kier molecular flexibility index (Phi) is 5.77. The van der Waals surface area contributed by atoms with Crippen molar-refractivity contribution < 1.29 is 14.7 Å². The van der Waals surface area contributed by atoms with Gasteiger partial charge in [0.15, 0.2) is 0 Å². The van der Waals surface area contributed by atoms with Crippen LogP contribution in [0.25, 0.3) is 0 Å². The van der Waals surface area contributed by atoms with Crippen LogP contribution in [0.3, 0.4) is 0 Å². The number of halogens is 1. The average Bonchev–Trinajstić information content (AvgIpc) is 2.51. The minimum atomic E-state index is -0.814. The maximum atomic E-state index is 12.0. The van der Waals surface area contributed by atoms with Crippen molar-refractivity contribution >= 4 is 29.2 Å². The Morgan fingerprint density at radius 3 is 2.17 bits per heavy atom. The van der Waals surface area contributed by atoms with Crippen molar-refractivity contribution in [3.05, 3.63) is 64.7 Å². The molecule has 0 aliphatic heterocycles. The predicted molar refractivity (Wildman–Crippen MR) is 90.7 cm³/mol. The van der Waals surface area contributed by atoms with E-state index >= 15 is 0 Å². The number of anilines is 1. The fraction of sp³-hybridized carbons (Fsp3) is 0.222. The number of aliphatic carboxylic acids is 1. The molecule has 2 rings (SSSR count). The lowest BCUT2D eigenvalue weighted by Gasteiger charge is -2.09. The van der Waals surface area contributed by atoms with Crippen molar-refractivity contribution in [3.63, 3.8) is 0 Å². The standard InChI is InChI=1S/C18H18ClNO3/c1-12(18(22)23)10-13-4-8-16(9-5-13)20-17(21)11-14-2-6-15(19)7-3-14/h2-9,12H,10-11H2,1H3,(H,20,21)(H,22,23). The second-order valence-corrected chi connectivity index (χ2v) is 5.93. The van der Waals surface area contributed by atoms with Crippen molar-refractivity contribution in [2.75, 3.05) is 5.32 Å². The van der Waals surface area contributed by atoms with Crippen LogP contribution in [0.4, 0.5) is 5.69 Å². The van der Waals surface area contributed by atoms with Gasteiger partial charge < -0.3 is 10.4 Å². The predicted octanol–water partition coefficient (Wildman–Crippen LogP) is 3.78. The lowest BCUT2D eigenvalue weighted by molar-refractivity contribution is -0.141. The van der Waals surface area contributed by atoms with Gasteiger partial charge >= 0.3 is 5.97 Å². The van der Waals surface area contributed by atoms with Crippen molar-refractivity contribution in [1.82, 2.24) is 0 Å². The van der Waals surface area contributed by atoms with Crippen LogP contribution in [0, 0.1) is 5.92 Å². The van der Waals surface area contributed by atoms with Gasteiger partial charge in [0, 0.05) is 10.7 Å². The quantitative estimate of drug-likeness (QED) is 0.846. The maximum Gasteiger partial charge on any atom is 0.306 e. The Labute approximate surface area is 140 Å². The van der Waals surface area contributed by atoms with Crippen molar-refractivity contribution in [2.24, 2.45) is 5.92 Å². The average molecular weight is 332 g/mol.